The Balaban J connectivity index is 2.12. The molecule has 1 unspecified atom stereocenters. The van der Waals surface area contributed by atoms with E-state index in [0.717, 1.165) is 24.2 Å². The number of benzene rings is 2. The van der Waals surface area contributed by atoms with Crippen molar-refractivity contribution in [2.45, 2.75) is 32.1 Å². The highest BCUT2D eigenvalue weighted by Gasteiger charge is 2.23. The Kier molecular flexibility index (Phi) is 6.67. The van der Waals surface area contributed by atoms with Gasteiger partial charge in [0.1, 0.15) is 11.5 Å². The van der Waals surface area contributed by atoms with Gasteiger partial charge < -0.3 is 14.6 Å². The molecule has 0 spiro atoms. The molecule has 0 aliphatic rings. The molecule has 1 N–H and O–H groups in total. The highest BCUT2D eigenvalue weighted by atomic mass is 16.5. The van der Waals surface area contributed by atoms with E-state index in [-0.39, 0.29) is 0 Å². The van der Waals surface area contributed by atoms with E-state index < -0.39 is 11.9 Å². The summed E-state index contributed by atoms with van der Waals surface area (Å²) in [5.74, 6) is -0.0865. The summed E-state index contributed by atoms with van der Waals surface area (Å²) in [5, 5.41) is 9.63. The van der Waals surface area contributed by atoms with Crippen molar-refractivity contribution in [1.29, 1.82) is 0 Å². The molecule has 4 nitrogen and oxygen atoms in total. The van der Waals surface area contributed by atoms with Gasteiger partial charge in [-0.05, 0) is 36.6 Å². The molecule has 4 heteroatoms. The minimum atomic E-state index is -0.859. The predicted octanol–water partition coefficient (Wildman–Crippen LogP) is 4.29. The Morgan fingerprint density at radius 2 is 1.83 bits per heavy atom. The zero-order valence-corrected chi connectivity index (χ0v) is 14.2. The van der Waals surface area contributed by atoms with Crippen molar-refractivity contribution >= 4 is 5.97 Å². The summed E-state index contributed by atoms with van der Waals surface area (Å²) in [4.78, 5) is 11.7. The van der Waals surface area contributed by atoms with Crippen molar-refractivity contribution in [3.8, 4) is 11.5 Å². The molecule has 0 saturated heterocycles. The third kappa shape index (κ3) is 4.75. The van der Waals surface area contributed by atoms with E-state index in [4.69, 9.17) is 9.47 Å². The van der Waals surface area contributed by atoms with Gasteiger partial charge in [0.25, 0.3) is 0 Å². The van der Waals surface area contributed by atoms with Gasteiger partial charge >= 0.3 is 5.97 Å². The molecule has 2 aromatic rings. The SMILES string of the molecule is CCCCOc1ccc(CC(C(=O)O)c2ccccc2OC)cc1. The second kappa shape index (κ2) is 8.96. The van der Waals surface area contributed by atoms with Crippen molar-refractivity contribution in [3.63, 3.8) is 0 Å². The molecule has 0 bridgehead atoms. The summed E-state index contributed by atoms with van der Waals surface area (Å²) in [6.07, 6.45) is 2.53. The Bertz CT molecular complexity index is 649. The maximum absolute atomic E-state index is 11.7. The van der Waals surface area contributed by atoms with Crippen LogP contribution in [0.3, 0.4) is 0 Å². The Hall–Kier alpha value is -2.49. The second-order valence-corrected chi connectivity index (χ2v) is 5.68. The van der Waals surface area contributed by atoms with Crippen molar-refractivity contribution in [3.05, 3.63) is 59.7 Å². The van der Waals surface area contributed by atoms with Gasteiger partial charge in [0.2, 0.25) is 0 Å². The Labute approximate surface area is 143 Å². The van der Waals surface area contributed by atoms with Gasteiger partial charge in [-0.1, -0.05) is 43.7 Å². The largest absolute Gasteiger partial charge is 0.496 e. The van der Waals surface area contributed by atoms with E-state index in [1.165, 1.54) is 0 Å². The van der Waals surface area contributed by atoms with Gasteiger partial charge in [-0.15, -0.1) is 0 Å². The summed E-state index contributed by atoms with van der Waals surface area (Å²) < 4.78 is 10.9. The van der Waals surface area contributed by atoms with Crippen molar-refractivity contribution in [1.82, 2.24) is 0 Å². The molecule has 0 aliphatic heterocycles. The lowest BCUT2D eigenvalue weighted by Crippen LogP contribution is -2.15. The Morgan fingerprint density at radius 1 is 1.12 bits per heavy atom. The predicted molar refractivity (Wildman–Crippen MR) is 93.9 cm³/mol. The summed E-state index contributed by atoms with van der Waals surface area (Å²) in [7, 11) is 1.56. The van der Waals surface area contributed by atoms with Crippen molar-refractivity contribution in [2.75, 3.05) is 13.7 Å². The third-order valence-corrected chi connectivity index (χ3v) is 3.94. The first-order valence-corrected chi connectivity index (χ1v) is 8.23. The van der Waals surface area contributed by atoms with Gasteiger partial charge in [-0.25, -0.2) is 0 Å². The molecule has 0 aromatic heterocycles. The van der Waals surface area contributed by atoms with Gasteiger partial charge in [0, 0.05) is 5.56 Å². The summed E-state index contributed by atoms with van der Waals surface area (Å²) in [5.41, 5.74) is 1.65. The fourth-order valence-electron chi connectivity index (χ4n) is 2.58. The maximum Gasteiger partial charge on any atom is 0.311 e. The third-order valence-electron chi connectivity index (χ3n) is 3.94. The van der Waals surface area contributed by atoms with Crippen LogP contribution in [-0.4, -0.2) is 24.8 Å². The number of hydrogen-bond acceptors (Lipinski definition) is 3. The van der Waals surface area contributed by atoms with Gasteiger partial charge in [-0.3, -0.25) is 4.79 Å². The molecular formula is C20H24O4. The van der Waals surface area contributed by atoms with Crippen LogP contribution in [0.5, 0.6) is 11.5 Å². The number of hydrogen-bond donors (Lipinski definition) is 1. The number of ether oxygens (including phenoxy) is 2. The molecule has 0 radical (unpaired) electrons. The Morgan fingerprint density at radius 3 is 2.46 bits per heavy atom. The molecule has 0 saturated carbocycles. The molecular weight excluding hydrogens is 304 g/mol. The van der Waals surface area contributed by atoms with Crippen molar-refractivity contribution < 1.29 is 19.4 Å². The smallest absolute Gasteiger partial charge is 0.311 e. The molecule has 128 valence electrons. The van der Waals surface area contributed by atoms with Crippen molar-refractivity contribution in [2.24, 2.45) is 0 Å². The van der Waals surface area contributed by atoms with Crippen LogP contribution in [0.2, 0.25) is 0 Å². The van der Waals surface area contributed by atoms with E-state index in [1.807, 2.05) is 36.4 Å². The molecule has 0 fully saturated rings. The number of carboxylic acid groups (broad SMARTS) is 1. The minimum absolute atomic E-state index is 0.408. The fraction of sp³-hybridized carbons (Fsp3) is 0.350. The second-order valence-electron chi connectivity index (χ2n) is 5.68. The number of methoxy groups -OCH3 is 1. The van der Waals surface area contributed by atoms with Gasteiger partial charge in [-0.2, -0.15) is 0 Å². The first kappa shape index (κ1) is 17.9. The number of para-hydroxylation sites is 1. The van der Waals surface area contributed by atoms with E-state index in [9.17, 15) is 9.90 Å². The van der Waals surface area contributed by atoms with Crippen LogP contribution in [0.4, 0.5) is 0 Å². The molecule has 0 amide bonds. The summed E-state index contributed by atoms with van der Waals surface area (Å²) in [6, 6.07) is 14.9. The van der Waals surface area contributed by atoms with Gasteiger partial charge in [0.15, 0.2) is 0 Å². The highest BCUT2D eigenvalue weighted by molar-refractivity contribution is 5.77. The average molecular weight is 328 g/mol. The van der Waals surface area contributed by atoms with Crippen LogP contribution in [0.1, 0.15) is 36.8 Å². The van der Waals surface area contributed by atoms with E-state index in [2.05, 4.69) is 6.92 Å². The maximum atomic E-state index is 11.7. The minimum Gasteiger partial charge on any atom is -0.496 e. The fourth-order valence-corrected chi connectivity index (χ4v) is 2.58. The number of unbranched alkanes of at least 4 members (excludes halogenated alkanes) is 1. The number of aliphatic carboxylic acids is 1. The van der Waals surface area contributed by atoms with Gasteiger partial charge in [0.05, 0.1) is 19.6 Å². The number of carboxylic acids is 1. The summed E-state index contributed by atoms with van der Waals surface area (Å²) >= 11 is 0. The van der Waals surface area contributed by atoms with Crippen LogP contribution in [0, 0.1) is 0 Å². The number of carbonyl (C=O) groups is 1. The van der Waals surface area contributed by atoms with Crippen LogP contribution < -0.4 is 9.47 Å². The molecule has 0 heterocycles. The van der Waals surface area contributed by atoms with Crippen LogP contribution in [0.15, 0.2) is 48.5 Å². The lowest BCUT2D eigenvalue weighted by Gasteiger charge is -2.16. The van der Waals surface area contributed by atoms with E-state index in [0.29, 0.717) is 24.3 Å². The zero-order chi connectivity index (χ0) is 17.4. The van der Waals surface area contributed by atoms with E-state index in [1.54, 1.807) is 19.2 Å². The highest BCUT2D eigenvalue weighted by Crippen LogP contribution is 2.30. The molecule has 24 heavy (non-hydrogen) atoms. The topological polar surface area (TPSA) is 55.8 Å². The zero-order valence-electron chi connectivity index (χ0n) is 14.2. The van der Waals surface area contributed by atoms with Crippen LogP contribution >= 0.6 is 0 Å². The number of rotatable bonds is 9. The lowest BCUT2D eigenvalue weighted by molar-refractivity contribution is -0.138. The molecule has 2 rings (SSSR count). The monoisotopic (exact) mass is 328 g/mol. The van der Waals surface area contributed by atoms with Crippen LogP contribution in [-0.2, 0) is 11.2 Å². The average Bonchev–Trinajstić information content (AvgIpc) is 2.61. The first-order chi connectivity index (χ1) is 11.7. The summed E-state index contributed by atoms with van der Waals surface area (Å²) in [6.45, 7) is 2.82. The molecule has 2 aromatic carbocycles. The quantitative estimate of drug-likeness (QED) is 0.698. The molecule has 0 aliphatic carbocycles. The lowest BCUT2D eigenvalue weighted by atomic mass is 9.91. The first-order valence-electron chi connectivity index (χ1n) is 8.23. The normalized spacial score (nSPS) is 11.8. The molecule has 1 atom stereocenters. The van der Waals surface area contributed by atoms with E-state index >= 15 is 0 Å². The van der Waals surface area contributed by atoms with Crippen LogP contribution in [0.25, 0.3) is 0 Å². The standard InChI is InChI=1S/C20H24O4/c1-3-4-13-24-16-11-9-15(10-12-16)14-18(20(21)22)17-7-5-6-8-19(17)23-2/h5-12,18H,3-4,13-14H2,1-2H3,(H,21,22).